The average molecular weight is 432 g/mol. The number of nitrogens with zero attached hydrogens (tertiary/aromatic N) is 2. The van der Waals surface area contributed by atoms with Crippen LogP contribution in [0.2, 0.25) is 0 Å². The summed E-state index contributed by atoms with van der Waals surface area (Å²) in [5, 5.41) is 5.63. The minimum atomic E-state index is -0.382. The van der Waals surface area contributed by atoms with Gasteiger partial charge in [0.25, 0.3) is 11.8 Å². The highest BCUT2D eigenvalue weighted by Crippen LogP contribution is 2.16. The van der Waals surface area contributed by atoms with Gasteiger partial charge in [0.1, 0.15) is 0 Å². The molecule has 0 radical (unpaired) electrons. The molecule has 1 aliphatic heterocycles. The first-order chi connectivity index (χ1) is 15.5. The Kier molecular flexibility index (Phi) is 6.21. The lowest BCUT2D eigenvalue weighted by Gasteiger charge is -2.34. The lowest BCUT2D eigenvalue weighted by molar-refractivity contribution is 0.0671. The summed E-state index contributed by atoms with van der Waals surface area (Å²) in [4.78, 5) is 41.1. The number of aryl methyl sites for hydroxylation is 1. The number of nitrogens with one attached hydrogen (secondary N) is 2. The van der Waals surface area contributed by atoms with Gasteiger partial charge in [0.05, 0.1) is 6.26 Å². The van der Waals surface area contributed by atoms with E-state index < -0.39 is 0 Å². The maximum atomic E-state index is 12.9. The van der Waals surface area contributed by atoms with E-state index in [0.29, 0.717) is 37.4 Å². The smallest absolute Gasteiger partial charge is 0.321 e. The number of carbonyl (C=O) groups excluding carboxylic acids is 3. The van der Waals surface area contributed by atoms with Gasteiger partial charge in [-0.3, -0.25) is 9.59 Å². The lowest BCUT2D eigenvalue weighted by atomic mass is 10.1. The topological polar surface area (TPSA) is 94.9 Å². The van der Waals surface area contributed by atoms with Crippen LogP contribution in [0.5, 0.6) is 0 Å². The molecule has 0 saturated carbocycles. The van der Waals surface area contributed by atoms with E-state index in [1.807, 2.05) is 31.2 Å². The minimum Gasteiger partial charge on any atom is -0.459 e. The van der Waals surface area contributed by atoms with Gasteiger partial charge in [-0.25, -0.2) is 4.79 Å². The van der Waals surface area contributed by atoms with E-state index >= 15 is 0 Å². The zero-order chi connectivity index (χ0) is 22.5. The van der Waals surface area contributed by atoms with Crippen molar-refractivity contribution in [1.82, 2.24) is 9.80 Å². The van der Waals surface area contributed by atoms with Crippen LogP contribution < -0.4 is 10.6 Å². The predicted octanol–water partition coefficient (Wildman–Crippen LogP) is 3.83. The van der Waals surface area contributed by atoms with Gasteiger partial charge in [-0.1, -0.05) is 18.2 Å². The van der Waals surface area contributed by atoms with Crippen LogP contribution in [0.15, 0.2) is 71.3 Å². The third-order valence-electron chi connectivity index (χ3n) is 5.24. The van der Waals surface area contributed by atoms with Crippen molar-refractivity contribution in [2.75, 3.05) is 36.8 Å². The summed E-state index contributed by atoms with van der Waals surface area (Å²) in [5.74, 6) is -0.326. The molecule has 0 aliphatic carbocycles. The zero-order valence-corrected chi connectivity index (χ0v) is 17.7. The SMILES string of the molecule is Cc1cccc(NC(=O)N2CCN(C(=O)c3cccc(NC(=O)c4ccco4)c3)CC2)c1. The fraction of sp³-hybridized carbons (Fsp3) is 0.208. The zero-order valence-electron chi connectivity index (χ0n) is 17.7. The van der Waals surface area contributed by atoms with E-state index in [1.165, 1.54) is 6.26 Å². The highest BCUT2D eigenvalue weighted by molar-refractivity contribution is 6.03. The van der Waals surface area contributed by atoms with Gasteiger partial charge in [0, 0.05) is 43.1 Å². The summed E-state index contributed by atoms with van der Waals surface area (Å²) in [5.41, 5.74) is 2.80. The third kappa shape index (κ3) is 4.97. The molecule has 0 bridgehead atoms. The van der Waals surface area contributed by atoms with Gasteiger partial charge in [-0.05, 0) is 55.0 Å². The van der Waals surface area contributed by atoms with Crippen LogP contribution in [0.25, 0.3) is 0 Å². The number of anilines is 2. The molecule has 4 rings (SSSR count). The van der Waals surface area contributed by atoms with Gasteiger partial charge < -0.3 is 24.9 Å². The largest absolute Gasteiger partial charge is 0.459 e. The molecule has 8 nitrogen and oxygen atoms in total. The van der Waals surface area contributed by atoms with Crippen molar-refractivity contribution in [3.05, 3.63) is 83.8 Å². The second-order valence-electron chi connectivity index (χ2n) is 7.59. The predicted molar refractivity (Wildman–Crippen MR) is 121 cm³/mol. The first-order valence-corrected chi connectivity index (χ1v) is 10.4. The molecule has 0 unspecified atom stereocenters. The molecule has 1 saturated heterocycles. The fourth-order valence-electron chi connectivity index (χ4n) is 3.55. The molecule has 164 valence electrons. The monoisotopic (exact) mass is 432 g/mol. The Hall–Kier alpha value is -4.07. The van der Waals surface area contributed by atoms with Crippen LogP contribution in [0, 0.1) is 6.92 Å². The molecule has 2 aromatic carbocycles. The summed E-state index contributed by atoms with van der Waals surface area (Å²) in [6.45, 7) is 3.72. The van der Waals surface area contributed by atoms with Gasteiger partial charge in [0.15, 0.2) is 5.76 Å². The van der Waals surface area contributed by atoms with E-state index in [9.17, 15) is 14.4 Å². The number of carbonyl (C=O) groups is 3. The molecule has 1 aliphatic rings. The molecule has 0 atom stereocenters. The normalized spacial score (nSPS) is 13.5. The van der Waals surface area contributed by atoms with Crippen molar-refractivity contribution < 1.29 is 18.8 Å². The Morgan fingerprint density at radius 2 is 1.50 bits per heavy atom. The second kappa shape index (κ2) is 9.38. The number of benzene rings is 2. The Morgan fingerprint density at radius 1 is 0.812 bits per heavy atom. The summed E-state index contributed by atoms with van der Waals surface area (Å²) in [6, 6.07) is 17.4. The van der Waals surface area contributed by atoms with Gasteiger partial charge in [-0.15, -0.1) is 0 Å². The number of rotatable bonds is 4. The Bertz CT molecular complexity index is 1120. The van der Waals surface area contributed by atoms with E-state index in [2.05, 4.69) is 10.6 Å². The second-order valence-corrected chi connectivity index (χ2v) is 7.59. The first-order valence-electron chi connectivity index (χ1n) is 10.4. The van der Waals surface area contributed by atoms with Crippen molar-refractivity contribution in [3.63, 3.8) is 0 Å². The lowest BCUT2D eigenvalue weighted by Crippen LogP contribution is -2.51. The Balaban J connectivity index is 1.33. The van der Waals surface area contributed by atoms with E-state index in [0.717, 1.165) is 11.3 Å². The first kappa shape index (κ1) is 21.2. The number of hydrogen-bond acceptors (Lipinski definition) is 4. The number of furan rings is 1. The van der Waals surface area contributed by atoms with Gasteiger partial charge in [-0.2, -0.15) is 0 Å². The maximum absolute atomic E-state index is 12.9. The standard InChI is InChI=1S/C24H24N4O4/c1-17-5-2-7-19(15-17)26-24(31)28-12-10-27(11-13-28)23(30)18-6-3-8-20(16-18)25-22(29)21-9-4-14-32-21/h2-9,14-16H,10-13H2,1H3,(H,25,29)(H,26,31). The van der Waals surface area contributed by atoms with Crippen LogP contribution in [0.4, 0.5) is 16.2 Å². The molecule has 4 amide bonds. The highest BCUT2D eigenvalue weighted by Gasteiger charge is 2.25. The van der Waals surface area contributed by atoms with Crippen molar-refractivity contribution in [1.29, 1.82) is 0 Å². The van der Waals surface area contributed by atoms with E-state index in [1.54, 1.807) is 46.2 Å². The number of amides is 4. The van der Waals surface area contributed by atoms with Crippen LogP contribution in [0.3, 0.4) is 0 Å². The van der Waals surface area contributed by atoms with Crippen LogP contribution >= 0.6 is 0 Å². The van der Waals surface area contributed by atoms with Crippen LogP contribution in [-0.4, -0.2) is 53.8 Å². The summed E-state index contributed by atoms with van der Waals surface area (Å²) in [7, 11) is 0. The van der Waals surface area contributed by atoms with Crippen molar-refractivity contribution in [2.24, 2.45) is 0 Å². The summed E-state index contributed by atoms with van der Waals surface area (Å²) in [6.07, 6.45) is 1.43. The van der Waals surface area contributed by atoms with Crippen molar-refractivity contribution in [3.8, 4) is 0 Å². The number of hydrogen-bond donors (Lipinski definition) is 2. The quantitative estimate of drug-likeness (QED) is 0.655. The minimum absolute atomic E-state index is 0.141. The van der Waals surface area contributed by atoms with Crippen LogP contribution in [-0.2, 0) is 0 Å². The number of urea groups is 1. The average Bonchev–Trinajstić information content (AvgIpc) is 3.34. The number of piperazine rings is 1. The molecule has 0 spiro atoms. The molecule has 1 aromatic heterocycles. The van der Waals surface area contributed by atoms with Crippen molar-refractivity contribution in [2.45, 2.75) is 6.92 Å². The van der Waals surface area contributed by atoms with E-state index in [-0.39, 0.29) is 23.6 Å². The molecular formula is C24H24N4O4. The Morgan fingerprint density at radius 3 is 2.19 bits per heavy atom. The molecule has 1 fully saturated rings. The molecule has 32 heavy (non-hydrogen) atoms. The third-order valence-corrected chi connectivity index (χ3v) is 5.24. The Labute approximate surface area is 185 Å². The summed E-state index contributed by atoms with van der Waals surface area (Å²) >= 11 is 0. The highest BCUT2D eigenvalue weighted by atomic mass is 16.3. The fourth-order valence-corrected chi connectivity index (χ4v) is 3.55. The molecule has 2 N–H and O–H groups in total. The summed E-state index contributed by atoms with van der Waals surface area (Å²) < 4.78 is 5.09. The van der Waals surface area contributed by atoms with Gasteiger partial charge in [0.2, 0.25) is 0 Å². The van der Waals surface area contributed by atoms with E-state index in [4.69, 9.17) is 4.42 Å². The van der Waals surface area contributed by atoms with Crippen LogP contribution in [0.1, 0.15) is 26.5 Å². The van der Waals surface area contributed by atoms with Gasteiger partial charge >= 0.3 is 6.03 Å². The molecule has 2 heterocycles. The molecular weight excluding hydrogens is 408 g/mol. The maximum Gasteiger partial charge on any atom is 0.321 e. The van der Waals surface area contributed by atoms with Crippen molar-refractivity contribution >= 4 is 29.2 Å². The molecule has 3 aromatic rings. The molecule has 8 heteroatoms.